The lowest BCUT2D eigenvalue weighted by molar-refractivity contribution is 0.215. The fourth-order valence-corrected chi connectivity index (χ4v) is 4.32. The van der Waals surface area contributed by atoms with Crippen molar-refractivity contribution in [1.29, 1.82) is 0 Å². The third-order valence-corrected chi connectivity index (χ3v) is 5.80. The van der Waals surface area contributed by atoms with Gasteiger partial charge in [0.25, 0.3) is 0 Å². The summed E-state index contributed by atoms with van der Waals surface area (Å²) in [5, 5.41) is 1.24. The number of rotatable bonds is 5. The lowest BCUT2D eigenvalue weighted by Crippen LogP contribution is -2.25. The molecule has 2 heterocycles. The van der Waals surface area contributed by atoms with E-state index in [1.165, 1.54) is 16.6 Å². The summed E-state index contributed by atoms with van der Waals surface area (Å²) >= 11 is 0. The fraction of sp³-hybridized carbons (Fsp3) is 0.231. The van der Waals surface area contributed by atoms with Crippen LogP contribution < -0.4 is 14.2 Å². The molecule has 5 heteroatoms. The molecule has 0 unspecified atom stereocenters. The zero-order valence-corrected chi connectivity index (χ0v) is 17.9. The molecule has 4 aromatic rings. The first-order chi connectivity index (χ1) is 15.2. The van der Waals surface area contributed by atoms with E-state index in [1.807, 2.05) is 24.3 Å². The van der Waals surface area contributed by atoms with Crippen molar-refractivity contribution in [3.05, 3.63) is 78.0 Å². The molecule has 0 radical (unpaired) electrons. The lowest BCUT2D eigenvalue weighted by Gasteiger charge is -2.19. The molecule has 0 bridgehead atoms. The molecule has 0 saturated carbocycles. The normalized spacial score (nSPS) is 14.0. The van der Waals surface area contributed by atoms with Gasteiger partial charge < -0.3 is 19.2 Å². The number of H-pyrrole nitrogens is 1. The Kier molecular flexibility index (Phi) is 5.26. The SMILES string of the molecule is COc1ccccc1-c1cc2c(c(OC)c1)OCCN(Cc1cc3ccccc3[nH]1)C2. The van der Waals surface area contributed by atoms with Crippen LogP contribution in [0.15, 0.2) is 66.7 Å². The number of para-hydroxylation sites is 2. The Balaban J connectivity index is 1.48. The first-order valence-corrected chi connectivity index (χ1v) is 10.5. The van der Waals surface area contributed by atoms with E-state index < -0.39 is 0 Å². The van der Waals surface area contributed by atoms with E-state index in [9.17, 15) is 0 Å². The van der Waals surface area contributed by atoms with Gasteiger partial charge in [-0.15, -0.1) is 0 Å². The maximum Gasteiger partial charge on any atom is 0.165 e. The molecule has 1 aliphatic heterocycles. The van der Waals surface area contributed by atoms with Crippen molar-refractivity contribution >= 4 is 10.9 Å². The third kappa shape index (κ3) is 3.84. The van der Waals surface area contributed by atoms with E-state index in [0.29, 0.717) is 6.61 Å². The number of aromatic nitrogens is 1. The van der Waals surface area contributed by atoms with Crippen LogP contribution in [0.2, 0.25) is 0 Å². The summed E-state index contributed by atoms with van der Waals surface area (Å²) in [4.78, 5) is 5.94. The molecule has 0 spiro atoms. The van der Waals surface area contributed by atoms with Gasteiger partial charge in [-0.2, -0.15) is 0 Å². The van der Waals surface area contributed by atoms with Crippen molar-refractivity contribution in [2.45, 2.75) is 13.1 Å². The van der Waals surface area contributed by atoms with Gasteiger partial charge in [0.1, 0.15) is 12.4 Å². The molecule has 31 heavy (non-hydrogen) atoms. The quantitative estimate of drug-likeness (QED) is 0.485. The van der Waals surface area contributed by atoms with Gasteiger partial charge in [-0.3, -0.25) is 4.90 Å². The molecule has 0 fully saturated rings. The Bertz CT molecular complexity index is 1180. The van der Waals surface area contributed by atoms with E-state index in [2.05, 4.69) is 52.3 Å². The number of benzene rings is 3. The smallest absolute Gasteiger partial charge is 0.165 e. The number of fused-ring (bicyclic) bond motifs is 2. The van der Waals surface area contributed by atoms with Crippen LogP contribution in [0.25, 0.3) is 22.0 Å². The minimum Gasteiger partial charge on any atom is -0.496 e. The molecule has 1 aliphatic rings. The summed E-state index contributed by atoms with van der Waals surface area (Å²) in [7, 11) is 3.39. The summed E-state index contributed by atoms with van der Waals surface area (Å²) in [5.41, 5.74) is 5.59. The predicted molar refractivity (Wildman–Crippen MR) is 123 cm³/mol. The van der Waals surface area contributed by atoms with Crippen LogP contribution in [-0.2, 0) is 13.1 Å². The second-order valence-electron chi connectivity index (χ2n) is 7.81. The molecule has 0 saturated heterocycles. The Morgan fingerprint density at radius 3 is 2.58 bits per heavy atom. The second-order valence-corrected chi connectivity index (χ2v) is 7.81. The van der Waals surface area contributed by atoms with Crippen LogP contribution in [0.1, 0.15) is 11.3 Å². The predicted octanol–water partition coefficient (Wildman–Crippen LogP) is 5.25. The van der Waals surface area contributed by atoms with E-state index in [1.54, 1.807) is 14.2 Å². The molecule has 0 atom stereocenters. The van der Waals surface area contributed by atoms with Crippen LogP contribution in [0, 0.1) is 0 Å². The van der Waals surface area contributed by atoms with Crippen molar-refractivity contribution in [3.63, 3.8) is 0 Å². The van der Waals surface area contributed by atoms with E-state index in [4.69, 9.17) is 14.2 Å². The number of ether oxygens (including phenoxy) is 3. The standard InChI is InChI=1S/C26H26N2O3/c1-29-24-10-6-4-8-22(24)19-13-20-16-28(11-12-31-26(20)25(15-19)30-2)17-21-14-18-7-3-5-9-23(18)27-21/h3-10,13-15,27H,11-12,16-17H2,1-2H3. The van der Waals surface area contributed by atoms with E-state index in [0.717, 1.165) is 53.6 Å². The van der Waals surface area contributed by atoms with Crippen molar-refractivity contribution in [3.8, 4) is 28.4 Å². The summed E-state index contributed by atoms with van der Waals surface area (Å²) in [6.45, 7) is 3.08. The van der Waals surface area contributed by atoms with Gasteiger partial charge in [0.05, 0.1) is 14.2 Å². The minimum atomic E-state index is 0.623. The van der Waals surface area contributed by atoms with E-state index in [-0.39, 0.29) is 0 Å². The second kappa shape index (κ2) is 8.36. The Hall–Kier alpha value is -3.44. The van der Waals surface area contributed by atoms with Gasteiger partial charge in [-0.05, 0) is 41.3 Å². The van der Waals surface area contributed by atoms with Crippen molar-refractivity contribution in [2.75, 3.05) is 27.4 Å². The lowest BCUT2D eigenvalue weighted by atomic mass is 10.0. The highest BCUT2D eigenvalue weighted by atomic mass is 16.5. The van der Waals surface area contributed by atoms with Crippen molar-refractivity contribution in [1.82, 2.24) is 9.88 Å². The average molecular weight is 415 g/mol. The molecule has 0 aliphatic carbocycles. The Morgan fingerprint density at radius 1 is 0.935 bits per heavy atom. The van der Waals surface area contributed by atoms with Gasteiger partial charge >= 0.3 is 0 Å². The Labute approximate surface area is 182 Å². The summed E-state index contributed by atoms with van der Waals surface area (Å²) < 4.78 is 17.4. The fourth-order valence-electron chi connectivity index (χ4n) is 4.32. The third-order valence-electron chi connectivity index (χ3n) is 5.80. The molecular formula is C26H26N2O3. The van der Waals surface area contributed by atoms with Gasteiger partial charge in [-0.1, -0.05) is 36.4 Å². The number of nitrogens with one attached hydrogen (secondary N) is 1. The molecule has 5 rings (SSSR count). The van der Waals surface area contributed by atoms with Gasteiger partial charge in [0.2, 0.25) is 0 Å². The summed E-state index contributed by atoms with van der Waals surface area (Å²) in [6.07, 6.45) is 0. The van der Waals surface area contributed by atoms with Crippen LogP contribution in [0.5, 0.6) is 17.2 Å². The van der Waals surface area contributed by atoms with Crippen LogP contribution in [0.4, 0.5) is 0 Å². The number of methoxy groups -OCH3 is 2. The molecular weight excluding hydrogens is 388 g/mol. The number of hydrogen-bond acceptors (Lipinski definition) is 4. The maximum atomic E-state index is 6.14. The zero-order chi connectivity index (χ0) is 21.2. The largest absolute Gasteiger partial charge is 0.496 e. The van der Waals surface area contributed by atoms with Gasteiger partial charge in [0.15, 0.2) is 11.5 Å². The molecule has 158 valence electrons. The summed E-state index contributed by atoms with van der Waals surface area (Å²) in [5.74, 6) is 2.43. The monoisotopic (exact) mass is 414 g/mol. The van der Waals surface area contributed by atoms with Gasteiger partial charge in [0, 0.05) is 42.0 Å². The molecule has 5 nitrogen and oxygen atoms in total. The minimum absolute atomic E-state index is 0.623. The van der Waals surface area contributed by atoms with Crippen LogP contribution in [0.3, 0.4) is 0 Å². The number of hydrogen-bond donors (Lipinski definition) is 1. The average Bonchev–Trinajstić information content (AvgIpc) is 3.10. The number of nitrogens with zero attached hydrogens (tertiary/aromatic N) is 1. The summed E-state index contributed by atoms with van der Waals surface area (Å²) in [6, 6.07) is 22.9. The zero-order valence-electron chi connectivity index (χ0n) is 17.9. The first-order valence-electron chi connectivity index (χ1n) is 10.5. The molecule has 1 N–H and O–H groups in total. The topological polar surface area (TPSA) is 46.7 Å². The maximum absolute atomic E-state index is 6.14. The van der Waals surface area contributed by atoms with Crippen molar-refractivity contribution < 1.29 is 14.2 Å². The highest BCUT2D eigenvalue weighted by Crippen LogP contribution is 2.40. The van der Waals surface area contributed by atoms with Crippen molar-refractivity contribution in [2.24, 2.45) is 0 Å². The number of aromatic amines is 1. The molecule has 0 amide bonds. The first kappa shape index (κ1) is 19.5. The highest BCUT2D eigenvalue weighted by molar-refractivity contribution is 5.80. The van der Waals surface area contributed by atoms with Crippen LogP contribution in [-0.4, -0.2) is 37.3 Å². The highest BCUT2D eigenvalue weighted by Gasteiger charge is 2.22. The Morgan fingerprint density at radius 2 is 1.74 bits per heavy atom. The molecule has 1 aromatic heterocycles. The van der Waals surface area contributed by atoms with Crippen LogP contribution >= 0.6 is 0 Å². The van der Waals surface area contributed by atoms with Gasteiger partial charge in [-0.25, -0.2) is 0 Å². The molecule has 3 aromatic carbocycles. The van der Waals surface area contributed by atoms with E-state index >= 15 is 0 Å².